The molecule has 0 heterocycles. The van der Waals surface area contributed by atoms with Crippen molar-refractivity contribution in [2.24, 2.45) is 11.7 Å². The molecule has 0 fully saturated rings. The van der Waals surface area contributed by atoms with Gasteiger partial charge in [0.15, 0.2) is 0 Å². The molecule has 17 heavy (non-hydrogen) atoms. The Morgan fingerprint density at radius 2 is 1.53 bits per heavy atom. The standard InChI is InChI=1S/C14H23NOS/c1-10(2)11(3)17(16)12(4)14(15)13-8-6-5-7-9-13/h5-12,14H,15H2,1-4H3. The first-order valence-corrected chi connectivity index (χ1v) is 7.42. The molecule has 0 aliphatic heterocycles. The molecule has 1 aromatic carbocycles. The lowest BCUT2D eigenvalue weighted by Crippen LogP contribution is -2.34. The summed E-state index contributed by atoms with van der Waals surface area (Å²) in [7, 11) is -0.895. The van der Waals surface area contributed by atoms with Crippen LogP contribution in [-0.2, 0) is 10.8 Å². The molecule has 3 heteroatoms. The molecule has 4 atom stereocenters. The van der Waals surface area contributed by atoms with Crippen LogP contribution in [-0.4, -0.2) is 14.7 Å². The Kier molecular flexibility index (Phi) is 5.34. The minimum Gasteiger partial charge on any atom is -0.323 e. The van der Waals surface area contributed by atoms with Gasteiger partial charge in [0.2, 0.25) is 0 Å². The van der Waals surface area contributed by atoms with Crippen molar-refractivity contribution in [3.05, 3.63) is 35.9 Å². The molecule has 1 rings (SSSR count). The summed E-state index contributed by atoms with van der Waals surface area (Å²) in [6.07, 6.45) is 0. The van der Waals surface area contributed by atoms with Crippen LogP contribution in [0.25, 0.3) is 0 Å². The van der Waals surface area contributed by atoms with Crippen LogP contribution in [0, 0.1) is 5.92 Å². The normalized spacial score (nSPS) is 18.7. The van der Waals surface area contributed by atoms with Crippen molar-refractivity contribution in [1.29, 1.82) is 0 Å². The maximum atomic E-state index is 12.3. The van der Waals surface area contributed by atoms with E-state index in [4.69, 9.17) is 5.73 Å². The number of hydrogen-bond donors (Lipinski definition) is 1. The average molecular weight is 253 g/mol. The minimum atomic E-state index is -0.895. The predicted molar refractivity (Wildman–Crippen MR) is 75.3 cm³/mol. The molecule has 2 nitrogen and oxygen atoms in total. The first-order chi connectivity index (χ1) is 7.95. The van der Waals surface area contributed by atoms with Crippen molar-refractivity contribution in [3.8, 4) is 0 Å². The molecule has 0 spiro atoms. The molecule has 0 aliphatic rings. The summed E-state index contributed by atoms with van der Waals surface area (Å²) in [6, 6.07) is 9.75. The third-order valence-corrected chi connectivity index (χ3v) is 5.67. The van der Waals surface area contributed by atoms with Crippen LogP contribution in [0.3, 0.4) is 0 Å². The van der Waals surface area contributed by atoms with Gasteiger partial charge in [-0.25, -0.2) is 0 Å². The molecule has 4 unspecified atom stereocenters. The van der Waals surface area contributed by atoms with E-state index in [0.717, 1.165) is 5.56 Å². The first kappa shape index (κ1) is 14.4. The Morgan fingerprint density at radius 3 is 2.00 bits per heavy atom. The van der Waals surface area contributed by atoms with Crippen molar-refractivity contribution in [2.75, 3.05) is 0 Å². The Labute approximate surface area is 107 Å². The summed E-state index contributed by atoms with van der Waals surface area (Å²) in [5.74, 6) is 0.418. The molecule has 0 radical (unpaired) electrons. The smallest absolute Gasteiger partial charge is 0.0515 e. The van der Waals surface area contributed by atoms with Gasteiger partial charge in [-0.1, -0.05) is 51.1 Å². The van der Waals surface area contributed by atoms with Crippen LogP contribution in [0.2, 0.25) is 0 Å². The first-order valence-electron chi connectivity index (χ1n) is 6.15. The molecule has 0 saturated carbocycles. The van der Waals surface area contributed by atoms with Gasteiger partial charge < -0.3 is 5.73 Å². The monoisotopic (exact) mass is 253 g/mol. The summed E-state index contributed by atoms with van der Waals surface area (Å²) in [6.45, 7) is 8.22. The molecule has 0 bridgehead atoms. The predicted octanol–water partition coefficient (Wildman–Crippen LogP) is 2.87. The second-order valence-corrected chi connectivity index (χ2v) is 7.06. The van der Waals surface area contributed by atoms with Gasteiger partial charge in [-0.2, -0.15) is 0 Å². The van der Waals surface area contributed by atoms with Crippen molar-refractivity contribution in [2.45, 2.75) is 44.2 Å². The van der Waals surface area contributed by atoms with Gasteiger partial charge in [0.05, 0.1) is 5.25 Å². The maximum Gasteiger partial charge on any atom is 0.0515 e. The highest BCUT2D eigenvalue weighted by Gasteiger charge is 2.26. The minimum absolute atomic E-state index is 0.0187. The molecule has 0 aromatic heterocycles. The fraction of sp³-hybridized carbons (Fsp3) is 0.571. The molecule has 0 amide bonds. The van der Waals surface area contributed by atoms with E-state index in [9.17, 15) is 4.21 Å². The molecule has 0 saturated heterocycles. The number of rotatable bonds is 5. The van der Waals surface area contributed by atoms with E-state index in [0.29, 0.717) is 5.92 Å². The van der Waals surface area contributed by atoms with Crippen molar-refractivity contribution < 1.29 is 4.21 Å². The summed E-state index contributed by atoms with van der Waals surface area (Å²) in [5.41, 5.74) is 7.24. The van der Waals surface area contributed by atoms with Crippen molar-refractivity contribution >= 4 is 10.8 Å². The Bertz CT molecular complexity index is 364. The van der Waals surface area contributed by atoms with Gasteiger partial charge in [0.1, 0.15) is 0 Å². The highest BCUT2D eigenvalue weighted by atomic mass is 32.2. The lowest BCUT2D eigenvalue weighted by atomic mass is 10.1. The molecular weight excluding hydrogens is 230 g/mol. The fourth-order valence-electron chi connectivity index (χ4n) is 1.70. The Balaban J connectivity index is 2.77. The van der Waals surface area contributed by atoms with E-state index in [1.165, 1.54) is 0 Å². The maximum absolute atomic E-state index is 12.3. The van der Waals surface area contributed by atoms with E-state index < -0.39 is 10.8 Å². The van der Waals surface area contributed by atoms with Gasteiger partial charge >= 0.3 is 0 Å². The van der Waals surface area contributed by atoms with E-state index in [-0.39, 0.29) is 16.5 Å². The van der Waals surface area contributed by atoms with Gasteiger partial charge in [-0.15, -0.1) is 0 Å². The number of benzene rings is 1. The molecule has 0 aliphatic carbocycles. The van der Waals surface area contributed by atoms with Gasteiger partial charge in [-0.3, -0.25) is 4.21 Å². The van der Waals surface area contributed by atoms with Gasteiger partial charge in [-0.05, 0) is 18.4 Å². The molecule has 96 valence electrons. The van der Waals surface area contributed by atoms with Crippen molar-refractivity contribution in [3.63, 3.8) is 0 Å². The SMILES string of the molecule is CC(C)C(C)S(=O)C(C)C(N)c1ccccc1. The number of nitrogens with two attached hydrogens (primary N) is 1. The van der Waals surface area contributed by atoms with Gasteiger partial charge in [0.25, 0.3) is 0 Å². The zero-order chi connectivity index (χ0) is 13.0. The number of hydrogen-bond acceptors (Lipinski definition) is 2. The average Bonchev–Trinajstić information content (AvgIpc) is 2.36. The zero-order valence-electron chi connectivity index (χ0n) is 11.1. The van der Waals surface area contributed by atoms with Crippen LogP contribution in [0.15, 0.2) is 30.3 Å². The van der Waals surface area contributed by atoms with E-state index >= 15 is 0 Å². The lowest BCUT2D eigenvalue weighted by Gasteiger charge is -2.25. The van der Waals surface area contributed by atoms with Crippen LogP contribution < -0.4 is 5.73 Å². The third kappa shape index (κ3) is 3.65. The zero-order valence-corrected chi connectivity index (χ0v) is 11.9. The van der Waals surface area contributed by atoms with Crippen LogP contribution >= 0.6 is 0 Å². The molecule has 2 N–H and O–H groups in total. The highest BCUT2D eigenvalue weighted by molar-refractivity contribution is 7.86. The second kappa shape index (κ2) is 6.31. The van der Waals surface area contributed by atoms with Crippen LogP contribution in [0.5, 0.6) is 0 Å². The van der Waals surface area contributed by atoms with Crippen LogP contribution in [0.4, 0.5) is 0 Å². The van der Waals surface area contributed by atoms with Crippen molar-refractivity contribution in [1.82, 2.24) is 0 Å². The summed E-state index contributed by atoms with van der Waals surface area (Å²) in [5, 5.41) is 0.162. The fourth-order valence-corrected chi connectivity index (χ4v) is 3.36. The summed E-state index contributed by atoms with van der Waals surface area (Å²) >= 11 is 0. The van der Waals surface area contributed by atoms with E-state index in [1.807, 2.05) is 44.2 Å². The summed E-state index contributed by atoms with van der Waals surface area (Å²) < 4.78 is 12.3. The van der Waals surface area contributed by atoms with E-state index in [1.54, 1.807) is 0 Å². The third-order valence-electron chi connectivity index (χ3n) is 3.36. The Morgan fingerprint density at radius 1 is 1.00 bits per heavy atom. The lowest BCUT2D eigenvalue weighted by molar-refractivity contribution is 0.584. The van der Waals surface area contributed by atoms with Crippen LogP contribution in [0.1, 0.15) is 39.3 Å². The molecule has 1 aromatic rings. The largest absolute Gasteiger partial charge is 0.323 e. The Hall–Kier alpha value is -0.670. The summed E-state index contributed by atoms with van der Waals surface area (Å²) in [4.78, 5) is 0. The second-order valence-electron chi connectivity index (χ2n) is 4.92. The van der Waals surface area contributed by atoms with Gasteiger partial charge in [0, 0.05) is 22.1 Å². The molecular formula is C14H23NOS. The quantitative estimate of drug-likeness (QED) is 0.877. The topological polar surface area (TPSA) is 43.1 Å². The highest BCUT2D eigenvalue weighted by Crippen LogP contribution is 2.22. The van der Waals surface area contributed by atoms with E-state index in [2.05, 4.69) is 13.8 Å².